The Morgan fingerprint density at radius 3 is 2.41 bits per heavy atom. The van der Waals surface area contributed by atoms with Crippen LogP contribution in [-0.4, -0.2) is 34.2 Å². The first-order valence-electron chi connectivity index (χ1n) is 4.89. The molecule has 1 aromatic carbocycles. The predicted octanol–water partition coefficient (Wildman–Crippen LogP) is 0.0407. The number of carbonyl (C=O) groups is 2. The molecule has 0 radical (unpaired) electrons. The Hall–Kier alpha value is -1.92. The molecule has 1 aromatic rings. The van der Waals surface area contributed by atoms with Crippen LogP contribution >= 0.6 is 0 Å². The maximum atomic E-state index is 11.6. The number of rotatable bonds is 0. The number of aliphatic hydroxyl groups is 2. The van der Waals surface area contributed by atoms with Crippen molar-refractivity contribution in [2.75, 3.05) is 0 Å². The normalized spacial score (nSPS) is 22.9. The minimum atomic E-state index is -2.85. The summed E-state index contributed by atoms with van der Waals surface area (Å²) in [5, 5.41) is 18.9. The standard InChI is InChI=1S/C11H10O6/c1-6-11(14,15)17-10(13)8-4-2-3-7(5-8)9(12)16-6/h2-6,14-15H,1H3. The van der Waals surface area contributed by atoms with Crippen molar-refractivity contribution in [1.82, 2.24) is 0 Å². The Morgan fingerprint density at radius 2 is 1.76 bits per heavy atom. The van der Waals surface area contributed by atoms with Crippen LogP contribution in [-0.2, 0) is 9.47 Å². The highest BCUT2D eigenvalue weighted by molar-refractivity contribution is 5.95. The van der Waals surface area contributed by atoms with E-state index in [1.807, 2.05) is 0 Å². The maximum absolute atomic E-state index is 11.6. The molecule has 0 amide bonds. The van der Waals surface area contributed by atoms with Gasteiger partial charge in [0.15, 0.2) is 6.10 Å². The third-order valence-electron chi connectivity index (χ3n) is 2.39. The lowest BCUT2D eigenvalue weighted by molar-refractivity contribution is -0.345. The summed E-state index contributed by atoms with van der Waals surface area (Å²) in [5.41, 5.74) is 0.185. The molecule has 1 heterocycles. The quantitative estimate of drug-likeness (QED) is 0.489. The molecule has 2 rings (SSSR count). The second-order valence-corrected chi connectivity index (χ2v) is 3.68. The minimum Gasteiger partial charge on any atom is -0.449 e. The molecule has 0 saturated carbocycles. The summed E-state index contributed by atoms with van der Waals surface area (Å²) in [4.78, 5) is 23.1. The Kier molecular flexibility index (Phi) is 2.60. The Bertz CT molecular complexity index is 479. The third-order valence-corrected chi connectivity index (χ3v) is 2.39. The predicted molar refractivity (Wildman–Crippen MR) is 53.9 cm³/mol. The van der Waals surface area contributed by atoms with Crippen LogP contribution in [0.2, 0.25) is 0 Å². The maximum Gasteiger partial charge on any atom is 0.363 e. The molecule has 6 nitrogen and oxygen atoms in total. The van der Waals surface area contributed by atoms with E-state index in [1.165, 1.54) is 31.2 Å². The number of carbonyl (C=O) groups excluding carboxylic acids is 2. The molecule has 2 bridgehead atoms. The number of cyclic esters (lactones) is 2. The van der Waals surface area contributed by atoms with Crippen molar-refractivity contribution in [2.45, 2.75) is 19.0 Å². The smallest absolute Gasteiger partial charge is 0.363 e. The molecular weight excluding hydrogens is 228 g/mol. The van der Waals surface area contributed by atoms with E-state index in [4.69, 9.17) is 4.74 Å². The van der Waals surface area contributed by atoms with Crippen LogP contribution in [0, 0.1) is 0 Å². The third kappa shape index (κ3) is 2.13. The highest BCUT2D eigenvalue weighted by atomic mass is 16.8. The van der Waals surface area contributed by atoms with Gasteiger partial charge in [0, 0.05) is 0 Å². The fourth-order valence-electron chi connectivity index (χ4n) is 1.36. The minimum absolute atomic E-state index is 0.0426. The molecule has 90 valence electrons. The van der Waals surface area contributed by atoms with Crippen LogP contribution in [0.15, 0.2) is 24.3 Å². The van der Waals surface area contributed by atoms with Crippen LogP contribution in [0.3, 0.4) is 0 Å². The molecule has 0 aromatic heterocycles. The SMILES string of the molecule is CC1OC(=O)c2cccc(c2)C(=O)OC1(O)O. The number of benzene rings is 1. The number of ether oxygens (including phenoxy) is 2. The molecule has 17 heavy (non-hydrogen) atoms. The molecule has 0 fully saturated rings. The van der Waals surface area contributed by atoms with E-state index in [-0.39, 0.29) is 11.1 Å². The summed E-state index contributed by atoms with van der Waals surface area (Å²) < 4.78 is 9.21. The van der Waals surface area contributed by atoms with Gasteiger partial charge in [-0.05, 0) is 25.1 Å². The lowest BCUT2D eigenvalue weighted by atomic mass is 10.1. The van der Waals surface area contributed by atoms with Crippen molar-refractivity contribution in [1.29, 1.82) is 0 Å². The molecule has 1 atom stereocenters. The van der Waals surface area contributed by atoms with E-state index in [1.54, 1.807) is 0 Å². The van der Waals surface area contributed by atoms with Crippen LogP contribution in [0.1, 0.15) is 27.6 Å². The van der Waals surface area contributed by atoms with Gasteiger partial charge in [-0.1, -0.05) is 6.07 Å². The highest BCUT2D eigenvalue weighted by Crippen LogP contribution is 2.20. The summed E-state index contributed by atoms with van der Waals surface area (Å²) in [6, 6.07) is 5.58. The summed E-state index contributed by atoms with van der Waals surface area (Å²) in [7, 11) is 0. The Balaban J connectivity index is 2.48. The molecular formula is C11H10O6. The van der Waals surface area contributed by atoms with Gasteiger partial charge in [-0.25, -0.2) is 9.59 Å². The average Bonchev–Trinajstić information content (AvgIpc) is 2.29. The Labute approximate surface area is 96.4 Å². The number of hydrogen-bond acceptors (Lipinski definition) is 6. The van der Waals surface area contributed by atoms with Gasteiger partial charge in [0.2, 0.25) is 0 Å². The van der Waals surface area contributed by atoms with Crippen molar-refractivity contribution in [3.05, 3.63) is 35.4 Å². The molecule has 1 unspecified atom stereocenters. The van der Waals surface area contributed by atoms with Gasteiger partial charge in [-0.15, -0.1) is 0 Å². The summed E-state index contributed by atoms with van der Waals surface area (Å²) in [6.07, 6.45) is -1.40. The van der Waals surface area contributed by atoms with Gasteiger partial charge < -0.3 is 19.7 Å². The zero-order valence-electron chi connectivity index (χ0n) is 8.91. The van der Waals surface area contributed by atoms with Gasteiger partial charge in [0.05, 0.1) is 11.1 Å². The summed E-state index contributed by atoms with van der Waals surface area (Å²) >= 11 is 0. The van der Waals surface area contributed by atoms with Gasteiger partial charge in [-0.3, -0.25) is 0 Å². The summed E-state index contributed by atoms with van der Waals surface area (Å²) in [5.74, 6) is -4.55. The van der Waals surface area contributed by atoms with E-state index >= 15 is 0 Å². The monoisotopic (exact) mass is 238 g/mol. The number of hydrogen-bond donors (Lipinski definition) is 2. The van der Waals surface area contributed by atoms with E-state index in [0.717, 1.165) is 0 Å². The van der Waals surface area contributed by atoms with E-state index in [2.05, 4.69) is 4.74 Å². The van der Waals surface area contributed by atoms with E-state index in [0.29, 0.717) is 0 Å². The molecule has 0 spiro atoms. The average molecular weight is 238 g/mol. The van der Waals surface area contributed by atoms with Gasteiger partial charge >= 0.3 is 17.9 Å². The van der Waals surface area contributed by atoms with Crippen molar-refractivity contribution in [3.8, 4) is 0 Å². The molecule has 6 heteroatoms. The number of esters is 2. The lowest BCUT2D eigenvalue weighted by Crippen LogP contribution is -2.46. The van der Waals surface area contributed by atoms with Crippen LogP contribution in [0.4, 0.5) is 0 Å². The van der Waals surface area contributed by atoms with Crippen LogP contribution < -0.4 is 0 Å². The molecule has 2 N–H and O–H groups in total. The van der Waals surface area contributed by atoms with Gasteiger partial charge in [-0.2, -0.15) is 0 Å². The fourth-order valence-corrected chi connectivity index (χ4v) is 1.36. The molecule has 1 aliphatic rings. The zero-order valence-corrected chi connectivity index (χ0v) is 8.91. The van der Waals surface area contributed by atoms with E-state index < -0.39 is 24.0 Å². The summed E-state index contributed by atoms with van der Waals surface area (Å²) in [6.45, 7) is 1.21. The molecule has 1 aliphatic heterocycles. The van der Waals surface area contributed by atoms with E-state index in [9.17, 15) is 19.8 Å². The Morgan fingerprint density at radius 1 is 1.18 bits per heavy atom. The molecule has 0 aliphatic carbocycles. The first-order chi connectivity index (χ1) is 7.90. The van der Waals surface area contributed by atoms with Gasteiger partial charge in [0.1, 0.15) is 0 Å². The van der Waals surface area contributed by atoms with Crippen LogP contribution in [0.5, 0.6) is 0 Å². The second kappa shape index (κ2) is 3.83. The van der Waals surface area contributed by atoms with Gasteiger partial charge in [0.25, 0.3) is 0 Å². The first-order valence-corrected chi connectivity index (χ1v) is 4.89. The van der Waals surface area contributed by atoms with Crippen molar-refractivity contribution >= 4 is 11.9 Å². The topological polar surface area (TPSA) is 93.1 Å². The van der Waals surface area contributed by atoms with Crippen molar-refractivity contribution in [3.63, 3.8) is 0 Å². The highest BCUT2D eigenvalue weighted by Gasteiger charge is 2.40. The fraction of sp³-hybridized carbons (Fsp3) is 0.273. The lowest BCUT2D eigenvalue weighted by Gasteiger charge is -2.26. The van der Waals surface area contributed by atoms with Crippen LogP contribution in [0.25, 0.3) is 0 Å². The molecule has 0 saturated heterocycles. The van der Waals surface area contributed by atoms with Crippen molar-refractivity contribution in [2.24, 2.45) is 0 Å². The second-order valence-electron chi connectivity index (χ2n) is 3.68. The zero-order chi connectivity index (χ0) is 12.6. The first kappa shape index (κ1) is 11.6. The largest absolute Gasteiger partial charge is 0.449 e. The number of fused-ring (bicyclic) bond motifs is 2. The van der Waals surface area contributed by atoms with Crippen molar-refractivity contribution < 1.29 is 29.3 Å².